The zero-order valence-corrected chi connectivity index (χ0v) is 11.7. The first-order valence-corrected chi connectivity index (χ1v) is 8.65. The van der Waals surface area contributed by atoms with Crippen molar-refractivity contribution >= 4 is 24.9 Å². The Morgan fingerprint density at radius 3 is 2.50 bits per heavy atom. The molecule has 3 heteroatoms. The monoisotopic (exact) mass is 252 g/mol. The predicted octanol–water partition coefficient (Wildman–Crippen LogP) is 3.07. The maximum absolute atomic E-state index is 5.64. The smallest absolute Gasteiger partial charge is 0.119 e. The first-order chi connectivity index (χ1) is 7.62. The van der Waals surface area contributed by atoms with E-state index in [0.29, 0.717) is 6.61 Å². The standard InChI is InChI=1S/C13H17ClOSi/c1-15-11-13(9-10-14)16(2,3)12-7-5-4-6-8-12/h4-8,10H,11H2,1-3H3. The second-order valence-corrected chi connectivity index (χ2v) is 8.81. The molecule has 0 aliphatic heterocycles. The fourth-order valence-corrected chi connectivity index (χ4v) is 4.18. The fourth-order valence-electron chi connectivity index (χ4n) is 1.64. The van der Waals surface area contributed by atoms with Crippen molar-refractivity contribution in [1.82, 2.24) is 0 Å². The molecule has 0 saturated heterocycles. The van der Waals surface area contributed by atoms with E-state index in [1.54, 1.807) is 7.11 Å². The molecule has 0 aromatic heterocycles. The van der Waals surface area contributed by atoms with E-state index in [1.165, 1.54) is 15.9 Å². The first-order valence-electron chi connectivity index (χ1n) is 5.22. The van der Waals surface area contributed by atoms with Gasteiger partial charge in [0.05, 0.1) is 6.61 Å². The van der Waals surface area contributed by atoms with Crippen LogP contribution in [0.2, 0.25) is 13.1 Å². The maximum atomic E-state index is 5.64. The lowest BCUT2D eigenvalue weighted by atomic mass is 10.4. The van der Waals surface area contributed by atoms with Crippen LogP contribution in [0.5, 0.6) is 0 Å². The third kappa shape index (κ3) is 3.10. The second-order valence-electron chi connectivity index (χ2n) is 4.16. The van der Waals surface area contributed by atoms with Gasteiger partial charge in [0.1, 0.15) is 8.07 Å². The largest absolute Gasteiger partial charge is 0.380 e. The van der Waals surface area contributed by atoms with E-state index in [2.05, 4.69) is 43.1 Å². The van der Waals surface area contributed by atoms with E-state index < -0.39 is 8.07 Å². The average Bonchev–Trinajstić information content (AvgIpc) is 2.30. The van der Waals surface area contributed by atoms with Crippen LogP contribution in [0.1, 0.15) is 0 Å². The number of ether oxygens (including phenoxy) is 1. The van der Waals surface area contributed by atoms with Crippen molar-refractivity contribution in [3.8, 4) is 0 Å². The summed E-state index contributed by atoms with van der Waals surface area (Å²) in [5, 5.41) is 2.55. The number of methoxy groups -OCH3 is 1. The Bertz CT molecular complexity index is 392. The molecule has 0 radical (unpaired) electrons. The van der Waals surface area contributed by atoms with Crippen LogP contribution in [0, 0.1) is 0 Å². The summed E-state index contributed by atoms with van der Waals surface area (Å²) in [7, 11) is 0.0138. The van der Waals surface area contributed by atoms with Crippen LogP contribution in [-0.4, -0.2) is 21.8 Å². The quantitative estimate of drug-likeness (QED) is 0.591. The molecule has 1 rings (SSSR count). The van der Waals surface area contributed by atoms with E-state index in [9.17, 15) is 0 Å². The summed E-state index contributed by atoms with van der Waals surface area (Å²) < 4.78 is 5.22. The molecule has 0 fully saturated rings. The Balaban J connectivity index is 3.13. The van der Waals surface area contributed by atoms with Crippen LogP contribution >= 0.6 is 11.6 Å². The highest BCUT2D eigenvalue weighted by Gasteiger charge is 2.28. The van der Waals surface area contributed by atoms with Crippen LogP contribution in [0.3, 0.4) is 0 Å². The van der Waals surface area contributed by atoms with Crippen molar-refractivity contribution in [2.75, 3.05) is 13.7 Å². The summed E-state index contributed by atoms with van der Waals surface area (Å²) in [6, 6.07) is 10.5. The Hall–Kier alpha value is -0.793. The molecule has 1 nitrogen and oxygen atoms in total. The van der Waals surface area contributed by atoms with Crippen LogP contribution in [0.4, 0.5) is 0 Å². The molecule has 0 atom stereocenters. The molecule has 16 heavy (non-hydrogen) atoms. The highest BCUT2D eigenvalue weighted by atomic mass is 35.5. The third-order valence-corrected chi connectivity index (χ3v) is 6.45. The summed E-state index contributed by atoms with van der Waals surface area (Å²) >= 11 is 5.64. The Morgan fingerprint density at radius 2 is 2.00 bits per heavy atom. The van der Waals surface area contributed by atoms with Gasteiger partial charge >= 0.3 is 0 Å². The van der Waals surface area contributed by atoms with Crippen LogP contribution < -0.4 is 5.19 Å². The SMILES string of the molecule is COCC(=C=CCl)[Si](C)(C)c1ccccc1. The minimum absolute atomic E-state index is 0.595. The van der Waals surface area contributed by atoms with Gasteiger partial charge in [-0.3, -0.25) is 0 Å². The Kier molecular flexibility index (Phi) is 5.03. The van der Waals surface area contributed by atoms with Gasteiger partial charge in [-0.2, -0.15) is 0 Å². The van der Waals surface area contributed by atoms with Crippen LogP contribution in [-0.2, 0) is 4.74 Å². The predicted molar refractivity (Wildman–Crippen MR) is 72.9 cm³/mol. The number of hydrogen-bond donors (Lipinski definition) is 0. The van der Waals surface area contributed by atoms with E-state index in [1.807, 2.05) is 6.07 Å². The number of hydrogen-bond acceptors (Lipinski definition) is 1. The molecule has 0 spiro atoms. The van der Waals surface area contributed by atoms with Gasteiger partial charge in [-0.05, 0) is 5.20 Å². The van der Waals surface area contributed by atoms with Gasteiger partial charge in [-0.1, -0.05) is 60.2 Å². The Morgan fingerprint density at radius 1 is 1.38 bits per heavy atom. The van der Waals surface area contributed by atoms with Gasteiger partial charge in [0, 0.05) is 12.6 Å². The van der Waals surface area contributed by atoms with Gasteiger partial charge in [-0.15, -0.1) is 5.73 Å². The van der Waals surface area contributed by atoms with Crippen molar-refractivity contribution in [2.24, 2.45) is 0 Å². The molecule has 0 saturated carbocycles. The molecular formula is C13H17ClOSi. The van der Waals surface area contributed by atoms with E-state index in [4.69, 9.17) is 16.3 Å². The first kappa shape index (κ1) is 13.3. The summed E-state index contributed by atoms with van der Waals surface area (Å²) in [5.74, 6) is 0. The molecule has 86 valence electrons. The van der Waals surface area contributed by atoms with Crippen molar-refractivity contribution in [2.45, 2.75) is 13.1 Å². The summed E-state index contributed by atoms with van der Waals surface area (Å²) in [6.45, 7) is 5.16. The highest BCUT2D eigenvalue weighted by molar-refractivity contribution is 6.95. The number of rotatable bonds is 4. The normalized spacial score (nSPS) is 10.8. The second kappa shape index (κ2) is 6.07. The maximum Gasteiger partial charge on any atom is 0.119 e. The summed E-state index contributed by atoms with van der Waals surface area (Å²) in [6.07, 6.45) is 0. The lowest BCUT2D eigenvalue weighted by Crippen LogP contribution is -2.44. The fraction of sp³-hybridized carbons (Fsp3) is 0.308. The van der Waals surface area contributed by atoms with Crippen LogP contribution in [0.15, 0.2) is 46.8 Å². The molecule has 0 N–H and O–H groups in total. The molecular weight excluding hydrogens is 236 g/mol. The zero-order valence-electron chi connectivity index (χ0n) is 9.96. The van der Waals surface area contributed by atoms with Crippen molar-refractivity contribution < 1.29 is 4.74 Å². The molecule has 0 amide bonds. The molecule has 0 heterocycles. The van der Waals surface area contributed by atoms with Crippen molar-refractivity contribution in [1.29, 1.82) is 0 Å². The van der Waals surface area contributed by atoms with E-state index >= 15 is 0 Å². The molecule has 0 unspecified atom stereocenters. The highest BCUT2D eigenvalue weighted by Crippen LogP contribution is 2.14. The summed E-state index contributed by atoms with van der Waals surface area (Å²) in [5.41, 5.74) is 4.57. The minimum atomic E-state index is -1.69. The van der Waals surface area contributed by atoms with Crippen molar-refractivity contribution in [3.05, 3.63) is 46.8 Å². The number of halogens is 1. The van der Waals surface area contributed by atoms with Crippen LogP contribution in [0.25, 0.3) is 0 Å². The average molecular weight is 253 g/mol. The minimum Gasteiger partial charge on any atom is -0.380 e. The number of benzene rings is 1. The van der Waals surface area contributed by atoms with E-state index in [0.717, 1.165) is 0 Å². The molecule has 1 aromatic carbocycles. The van der Waals surface area contributed by atoms with Gasteiger partial charge in [0.2, 0.25) is 0 Å². The van der Waals surface area contributed by atoms with Gasteiger partial charge in [-0.25, -0.2) is 0 Å². The lowest BCUT2D eigenvalue weighted by Gasteiger charge is -2.24. The third-order valence-electron chi connectivity index (χ3n) is 2.77. The molecule has 1 aromatic rings. The topological polar surface area (TPSA) is 9.23 Å². The molecule has 0 bridgehead atoms. The van der Waals surface area contributed by atoms with Gasteiger partial charge < -0.3 is 4.74 Å². The lowest BCUT2D eigenvalue weighted by molar-refractivity contribution is 0.230. The molecule has 0 aliphatic carbocycles. The van der Waals surface area contributed by atoms with Gasteiger partial charge in [0.25, 0.3) is 0 Å². The Labute approximate surface area is 103 Å². The summed E-state index contributed by atoms with van der Waals surface area (Å²) in [4.78, 5) is 0. The zero-order chi connectivity index (χ0) is 12.0. The molecule has 0 aliphatic rings. The van der Waals surface area contributed by atoms with Gasteiger partial charge in [0.15, 0.2) is 0 Å². The van der Waals surface area contributed by atoms with E-state index in [-0.39, 0.29) is 0 Å². The van der Waals surface area contributed by atoms with Crippen molar-refractivity contribution in [3.63, 3.8) is 0 Å².